The van der Waals surface area contributed by atoms with Crippen LogP contribution in [-0.4, -0.2) is 25.9 Å². The van der Waals surface area contributed by atoms with Crippen molar-refractivity contribution in [1.29, 1.82) is 0 Å². The molecule has 0 atom stereocenters. The summed E-state index contributed by atoms with van der Waals surface area (Å²) in [5, 5.41) is 0. The first-order valence-corrected chi connectivity index (χ1v) is 9.26. The van der Waals surface area contributed by atoms with Gasteiger partial charge in [-0.3, -0.25) is 14.1 Å². The SMILES string of the molecule is CN1C(=O)Cc2cc(S(=O)(=O)Nc3ccc4c(c3)oc(=O)n4C)ccc21. The standard InChI is InChI=1S/C17H15N3O5S/c1-19-13-6-4-12(7-10(13)8-16(19)21)26(23,24)18-11-3-5-14-15(9-11)25-17(22)20(14)2/h3-7,9,18H,8H2,1-2H3. The highest BCUT2D eigenvalue weighted by molar-refractivity contribution is 7.92. The lowest BCUT2D eigenvalue weighted by Gasteiger charge is -2.12. The molecule has 8 nitrogen and oxygen atoms in total. The molecule has 0 spiro atoms. The van der Waals surface area contributed by atoms with Crippen LogP contribution in [0.15, 0.2) is 50.5 Å². The molecule has 1 aliphatic heterocycles. The van der Waals surface area contributed by atoms with Crippen LogP contribution in [0.1, 0.15) is 5.56 Å². The Morgan fingerprint density at radius 2 is 1.85 bits per heavy atom. The van der Waals surface area contributed by atoms with E-state index in [1.54, 1.807) is 32.3 Å². The summed E-state index contributed by atoms with van der Waals surface area (Å²) in [6.45, 7) is 0. The summed E-state index contributed by atoms with van der Waals surface area (Å²) in [5.41, 5.74) is 2.52. The number of nitrogens with one attached hydrogen (secondary N) is 1. The second-order valence-corrected chi connectivity index (χ2v) is 7.82. The average molecular weight is 373 g/mol. The number of hydrogen-bond donors (Lipinski definition) is 1. The smallest absolute Gasteiger partial charge is 0.408 e. The number of likely N-dealkylation sites (N-methyl/N-ethyl adjacent to an activating group) is 1. The maximum atomic E-state index is 12.7. The lowest BCUT2D eigenvalue weighted by atomic mass is 10.2. The second-order valence-electron chi connectivity index (χ2n) is 6.14. The molecule has 0 aliphatic carbocycles. The van der Waals surface area contributed by atoms with E-state index >= 15 is 0 Å². The van der Waals surface area contributed by atoms with E-state index in [-0.39, 0.29) is 22.9 Å². The number of rotatable bonds is 3. The fourth-order valence-corrected chi connectivity index (χ4v) is 4.12. The normalized spacial score (nSPS) is 14.1. The van der Waals surface area contributed by atoms with Crippen LogP contribution < -0.4 is 15.4 Å². The van der Waals surface area contributed by atoms with Crippen molar-refractivity contribution in [2.45, 2.75) is 11.3 Å². The number of aryl methyl sites for hydroxylation is 1. The van der Waals surface area contributed by atoms with Crippen LogP contribution in [-0.2, 0) is 28.3 Å². The Bertz CT molecular complexity index is 1220. The molecule has 0 fully saturated rings. The number of fused-ring (bicyclic) bond motifs is 2. The van der Waals surface area contributed by atoms with E-state index in [2.05, 4.69) is 4.72 Å². The van der Waals surface area contributed by atoms with Gasteiger partial charge in [0.25, 0.3) is 10.0 Å². The molecule has 4 rings (SSSR count). The fraction of sp³-hybridized carbons (Fsp3) is 0.176. The highest BCUT2D eigenvalue weighted by Crippen LogP contribution is 2.30. The van der Waals surface area contributed by atoms with E-state index in [0.29, 0.717) is 22.4 Å². The molecule has 3 aromatic rings. The van der Waals surface area contributed by atoms with Gasteiger partial charge < -0.3 is 9.32 Å². The van der Waals surface area contributed by atoms with E-state index in [0.717, 1.165) is 0 Å². The average Bonchev–Trinajstić information content (AvgIpc) is 3.03. The third kappa shape index (κ3) is 2.48. The molecule has 1 aromatic heterocycles. The van der Waals surface area contributed by atoms with Crippen molar-refractivity contribution in [3.63, 3.8) is 0 Å². The van der Waals surface area contributed by atoms with Crippen LogP contribution >= 0.6 is 0 Å². The number of anilines is 2. The van der Waals surface area contributed by atoms with E-state index in [4.69, 9.17) is 4.42 Å². The van der Waals surface area contributed by atoms with Crippen LogP contribution in [0.4, 0.5) is 11.4 Å². The molecule has 0 bridgehead atoms. The third-order valence-corrected chi connectivity index (χ3v) is 5.86. The second kappa shape index (κ2) is 5.46. The van der Waals surface area contributed by atoms with Gasteiger partial charge in [0.1, 0.15) is 0 Å². The highest BCUT2D eigenvalue weighted by Gasteiger charge is 2.26. The third-order valence-electron chi connectivity index (χ3n) is 4.48. The number of carbonyl (C=O) groups excluding carboxylic acids is 1. The van der Waals surface area contributed by atoms with E-state index < -0.39 is 15.8 Å². The van der Waals surface area contributed by atoms with Crippen molar-refractivity contribution in [3.05, 3.63) is 52.5 Å². The summed E-state index contributed by atoms with van der Waals surface area (Å²) in [4.78, 5) is 24.9. The topological polar surface area (TPSA) is 102 Å². The predicted octanol–water partition coefficient (Wildman–Crippen LogP) is 1.45. The van der Waals surface area contributed by atoms with Gasteiger partial charge in [-0.1, -0.05) is 0 Å². The van der Waals surface area contributed by atoms with E-state index in [9.17, 15) is 18.0 Å². The van der Waals surface area contributed by atoms with Crippen LogP contribution in [0, 0.1) is 0 Å². The quantitative estimate of drug-likeness (QED) is 0.749. The first kappa shape index (κ1) is 16.4. The molecule has 2 aromatic carbocycles. The first-order chi connectivity index (χ1) is 12.3. The Kier molecular flexibility index (Phi) is 3.45. The lowest BCUT2D eigenvalue weighted by Crippen LogP contribution is -2.20. The molecule has 1 N–H and O–H groups in total. The minimum Gasteiger partial charge on any atom is -0.408 e. The number of aromatic nitrogens is 1. The molecule has 2 heterocycles. The van der Waals surface area contributed by atoms with Crippen molar-refractivity contribution >= 4 is 38.4 Å². The molecular weight excluding hydrogens is 358 g/mol. The van der Waals surface area contributed by atoms with Gasteiger partial charge >= 0.3 is 5.76 Å². The van der Waals surface area contributed by atoms with Gasteiger partial charge in [0.05, 0.1) is 22.5 Å². The molecular formula is C17H15N3O5S. The molecule has 1 amide bonds. The number of benzene rings is 2. The van der Waals surface area contributed by atoms with Crippen molar-refractivity contribution < 1.29 is 17.6 Å². The maximum Gasteiger partial charge on any atom is 0.419 e. The summed E-state index contributed by atoms with van der Waals surface area (Å²) in [6.07, 6.45) is 0.177. The Balaban J connectivity index is 1.69. The maximum absolute atomic E-state index is 12.7. The summed E-state index contributed by atoms with van der Waals surface area (Å²) in [7, 11) is -0.622. The minimum atomic E-state index is -3.85. The van der Waals surface area contributed by atoms with Gasteiger partial charge in [-0.05, 0) is 35.9 Å². The van der Waals surface area contributed by atoms with Gasteiger partial charge in [-0.2, -0.15) is 0 Å². The molecule has 0 saturated carbocycles. The largest absolute Gasteiger partial charge is 0.419 e. The summed E-state index contributed by atoms with van der Waals surface area (Å²) in [5.74, 6) is -0.598. The summed E-state index contributed by atoms with van der Waals surface area (Å²) >= 11 is 0. The van der Waals surface area contributed by atoms with Crippen molar-refractivity contribution in [2.75, 3.05) is 16.7 Å². The van der Waals surface area contributed by atoms with Crippen LogP contribution in [0.25, 0.3) is 11.1 Å². The highest BCUT2D eigenvalue weighted by atomic mass is 32.2. The molecule has 0 saturated heterocycles. The number of oxazole rings is 1. The number of hydrogen-bond acceptors (Lipinski definition) is 5. The van der Waals surface area contributed by atoms with Gasteiger partial charge in [0, 0.05) is 25.8 Å². The monoisotopic (exact) mass is 373 g/mol. The molecule has 26 heavy (non-hydrogen) atoms. The first-order valence-electron chi connectivity index (χ1n) is 7.78. The Hall–Kier alpha value is -3.07. The van der Waals surface area contributed by atoms with E-state index in [1.807, 2.05) is 0 Å². The summed E-state index contributed by atoms with van der Waals surface area (Å²) in [6, 6.07) is 9.19. The zero-order chi connectivity index (χ0) is 18.6. The molecule has 134 valence electrons. The molecule has 1 aliphatic rings. The van der Waals surface area contributed by atoms with Gasteiger partial charge in [-0.25, -0.2) is 13.2 Å². The van der Waals surface area contributed by atoms with Crippen LogP contribution in [0.2, 0.25) is 0 Å². The van der Waals surface area contributed by atoms with Crippen LogP contribution in [0.3, 0.4) is 0 Å². The van der Waals surface area contributed by atoms with Crippen molar-refractivity contribution in [1.82, 2.24) is 4.57 Å². The lowest BCUT2D eigenvalue weighted by molar-refractivity contribution is -0.117. The molecule has 0 unspecified atom stereocenters. The Morgan fingerprint density at radius 1 is 1.08 bits per heavy atom. The fourth-order valence-electron chi connectivity index (χ4n) is 3.03. The minimum absolute atomic E-state index is 0.0639. The van der Waals surface area contributed by atoms with Gasteiger partial charge in [0.2, 0.25) is 5.91 Å². The Labute approximate surface area is 148 Å². The van der Waals surface area contributed by atoms with Gasteiger partial charge in [-0.15, -0.1) is 0 Å². The zero-order valence-electron chi connectivity index (χ0n) is 14.0. The number of nitrogens with zero attached hydrogens (tertiary/aromatic N) is 2. The predicted molar refractivity (Wildman–Crippen MR) is 95.8 cm³/mol. The number of sulfonamides is 1. The number of carbonyl (C=O) groups is 1. The summed E-state index contributed by atoms with van der Waals surface area (Å²) < 4.78 is 34.2. The van der Waals surface area contributed by atoms with Crippen molar-refractivity contribution in [3.8, 4) is 0 Å². The van der Waals surface area contributed by atoms with Crippen molar-refractivity contribution in [2.24, 2.45) is 7.05 Å². The van der Waals surface area contributed by atoms with Crippen LogP contribution in [0.5, 0.6) is 0 Å². The molecule has 9 heteroatoms. The number of amides is 1. The zero-order valence-corrected chi connectivity index (χ0v) is 14.8. The van der Waals surface area contributed by atoms with Gasteiger partial charge in [0.15, 0.2) is 5.58 Å². The molecule has 0 radical (unpaired) electrons. The van der Waals surface area contributed by atoms with E-state index in [1.165, 1.54) is 27.7 Å². The Morgan fingerprint density at radius 3 is 2.62 bits per heavy atom.